The standard InChI is InChI=1S/C10H16N2O3S3/c1-6(3-18-10(16)11-2)8(13)12-5-17-4-7(12)9(14)15/h6-7H,3-5H2,1-2H3,(H,11,16)(H,14,15)/t6?,7-/m0/s1. The van der Waals surface area contributed by atoms with Gasteiger partial charge in [0.1, 0.15) is 10.4 Å². The van der Waals surface area contributed by atoms with Crippen molar-refractivity contribution in [2.24, 2.45) is 5.92 Å². The molecule has 0 spiro atoms. The van der Waals surface area contributed by atoms with E-state index in [-0.39, 0.29) is 11.8 Å². The lowest BCUT2D eigenvalue weighted by atomic mass is 10.1. The lowest BCUT2D eigenvalue weighted by molar-refractivity contribution is -0.148. The van der Waals surface area contributed by atoms with Crippen LogP contribution in [0.15, 0.2) is 0 Å². The molecule has 1 rings (SSSR count). The van der Waals surface area contributed by atoms with Gasteiger partial charge in [-0.15, -0.1) is 11.8 Å². The SMILES string of the molecule is CNC(=S)SCC(C)C(=O)N1CSC[C@H]1C(=O)O. The van der Waals surface area contributed by atoms with Gasteiger partial charge in [-0.25, -0.2) is 4.79 Å². The molecule has 1 amide bonds. The average Bonchev–Trinajstić information content (AvgIpc) is 2.83. The van der Waals surface area contributed by atoms with Crippen LogP contribution in [0.1, 0.15) is 6.92 Å². The van der Waals surface area contributed by atoms with E-state index in [9.17, 15) is 9.59 Å². The summed E-state index contributed by atoms with van der Waals surface area (Å²) in [7, 11) is 1.74. The number of hydrogen-bond acceptors (Lipinski definition) is 5. The predicted octanol–water partition coefficient (Wildman–Crippen LogP) is 0.846. The number of nitrogens with zero attached hydrogens (tertiary/aromatic N) is 1. The van der Waals surface area contributed by atoms with E-state index in [0.29, 0.717) is 21.7 Å². The third kappa shape index (κ3) is 4.03. The summed E-state index contributed by atoms with van der Waals surface area (Å²) in [5.74, 6) is 0.211. The van der Waals surface area contributed by atoms with Crippen LogP contribution < -0.4 is 5.32 Å². The third-order valence-corrected chi connectivity index (χ3v) is 5.24. The highest BCUT2D eigenvalue weighted by Crippen LogP contribution is 2.24. The van der Waals surface area contributed by atoms with Crippen LogP contribution in [0.2, 0.25) is 0 Å². The lowest BCUT2D eigenvalue weighted by Gasteiger charge is -2.23. The first-order chi connectivity index (χ1) is 8.47. The highest BCUT2D eigenvalue weighted by atomic mass is 32.2. The molecule has 0 saturated carbocycles. The van der Waals surface area contributed by atoms with E-state index in [2.05, 4.69) is 5.32 Å². The second-order valence-corrected chi connectivity index (χ2v) is 6.61. The maximum absolute atomic E-state index is 12.1. The molecule has 0 bridgehead atoms. The van der Waals surface area contributed by atoms with Crippen LogP contribution in [0, 0.1) is 5.92 Å². The fraction of sp³-hybridized carbons (Fsp3) is 0.700. The van der Waals surface area contributed by atoms with Crippen molar-refractivity contribution in [2.75, 3.05) is 24.4 Å². The minimum Gasteiger partial charge on any atom is -0.480 e. The van der Waals surface area contributed by atoms with Crippen molar-refractivity contribution in [1.82, 2.24) is 10.2 Å². The Kier molecular flexibility index (Phi) is 6.24. The zero-order valence-corrected chi connectivity index (χ0v) is 12.7. The summed E-state index contributed by atoms with van der Waals surface area (Å²) in [4.78, 5) is 24.6. The average molecular weight is 308 g/mol. The smallest absolute Gasteiger partial charge is 0.327 e. The van der Waals surface area contributed by atoms with Crippen LogP contribution >= 0.6 is 35.7 Å². The molecule has 2 atom stereocenters. The van der Waals surface area contributed by atoms with Crippen LogP contribution in [0.5, 0.6) is 0 Å². The molecule has 1 fully saturated rings. The van der Waals surface area contributed by atoms with Crippen molar-refractivity contribution in [3.8, 4) is 0 Å². The van der Waals surface area contributed by atoms with Gasteiger partial charge in [-0.1, -0.05) is 30.9 Å². The predicted molar refractivity (Wildman–Crippen MR) is 78.9 cm³/mol. The molecular formula is C10H16N2O3S3. The monoisotopic (exact) mass is 308 g/mol. The van der Waals surface area contributed by atoms with Gasteiger partial charge in [-0.2, -0.15) is 0 Å². The van der Waals surface area contributed by atoms with Gasteiger partial charge in [0.2, 0.25) is 5.91 Å². The first-order valence-electron chi connectivity index (χ1n) is 5.43. The van der Waals surface area contributed by atoms with Crippen molar-refractivity contribution >= 4 is 51.9 Å². The topological polar surface area (TPSA) is 69.6 Å². The number of aliphatic carboxylic acids is 1. The van der Waals surface area contributed by atoms with Crippen LogP contribution in [0.25, 0.3) is 0 Å². The van der Waals surface area contributed by atoms with Crippen LogP contribution in [-0.4, -0.2) is 56.7 Å². The van der Waals surface area contributed by atoms with Gasteiger partial charge in [0, 0.05) is 24.5 Å². The third-order valence-electron chi connectivity index (χ3n) is 2.54. The van der Waals surface area contributed by atoms with Crippen molar-refractivity contribution in [3.63, 3.8) is 0 Å². The van der Waals surface area contributed by atoms with Crippen LogP contribution in [-0.2, 0) is 9.59 Å². The molecule has 102 valence electrons. The molecule has 1 aliphatic rings. The summed E-state index contributed by atoms with van der Waals surface area (Å²) in [5, 5.41) is 11.9. The number of carbonyl (C=O) groups is 2. The molecule has 1 unspecified atom stereocenters. The molecule has 0 aliphatic carbocycles. The van der Waals surface area contributed by atoms with Crippen LogP contribution in [0.4, 0.5) is 0 Å². The second kappa shape index (κ2) is 7.20. The number of carbonyl (C=O) groups excluding carboxylic acids is 1. The minimum absolute atomic E-state index is 0.112. The number of nitrogens with one attached hydrogen (secondary N) is 1. The molecular weight excluding hydrogens is 292 g/mol. The molecule has 1 saturated heterocycles. The van der Waals surface area contributed by atoms with Gasteiger partial charge in [-0.3, -0.25) is 4.79 Å². The Morgan fingerprint density at radius 3 is 2.89 bits per heavy atom. The number of carboxylic acids is 1. The zero-order valence-electron chi connectivity index (χ0n) is 10.2. The zero-order chi connectivity index (χ0) is 13.7. The van der Waals surface area contributed by atoms with Gasteiger partial charge >= 0.3 is 5.97 Å². The van der Waals surface area contributed by atoms with Gasteiger partial charge in [0.15, 0.2) is 0 Å². The first kappa shape index (κ1) is 15.6. The Morgan fingerprint density at radius 1 is 1.67 bits per heavy atom. The fourth-order valence-electron chi connectivity index (χ4n) is 1.49. The number of rotatable bonds is 4. The van der Waals surface area contributed by atoms with E-state index in [4.69, 9.17) is 17.3 Å². The molecule has 18 heavy (non-hydrogen) atoms. The first-order valence-corrected chi connectivity index (χ1v) is 7.97. The number of thiocarbonyl (C=S) groups is 1. The lowest BCUT2D eigenvalue weighted by Crippen LogP contribution is -2.44. The Hall–Kier alpha value is -0.470. The van der Waals surface area contributed by atoms with Gasteiger partial charge < -0.3 is 15.3 Å². The Balaban J connectivity index is 2.52. The second-order valence-electron chi connectivity index (χ2n) is 3.91. The quantitative estimate of drug-likeness (QED) is 0.746. The van der Waals surface area contributed by atoms with E-state index >= 15 is 0 Å². The molecule has 0 radical (unpaired) electrons. The number of thioether (sulfide) groups is 2. The highest BCUT2D eigenvalue weighted by molar-refractivity contribution is 8.22. The summed E-state index contributed by atoms with van der Waals surface area (Å²) >= 11 is 7.86. The summed E-state index contributed by atoms with van der Waals surface area (Å²) in [6, 6.07) is -0.689. The number of amides is 1. The van der Waals surface area contributed by atoms with E-state index in [0.717, 1.165) is 0 Å². The molecule has 8 heteroatoms. The van der Waals surface area contributed by atoms with Gasteiger partial charge in [0.05, 0.1) is 5.88 Å². The summed E-state index contributed by atoms with van der Waals surface area (Å²) in [5.41, 5.74) is 0. The number of hydrogen-bond donors (Lipinski definition) is 2. The Bertz CT molecular complexity index is 351. The summed E-state index contributed by atoms with van der Waals surface area (Å²) in [6.45, 7) is 1.80. The minimum atomic E-state index is -0.932. The van der Waals surface area contributed by atoms with Crippen molar-refractivity contribution in [1.29, 1.82) is 0 Å². The summed E-state index contributed by atoms with van der Waals surface area (Å²) in [6.07, 6.45) is 0. The molecule has 0 aromatic carbocycles. The molecule has 1 heterocycles. The molecule has 0 aromatic heterocycles. The fourth-order valence-corrected chi connectivity index (χ4v) is 3.54. The molecule has 0 aromatic rings. The van der Waals surface area contributed by atoms with E-state index in [1.807, 2.05) is 0 Å². The molecule has 2 N–H and O–H groups in total. The van der Waals surface area contributed by atoms with Gasteiger partial charge in [-0.05, 0) is 0 Å². The van der Waals surface area contributed by atoms with Gasteiger partial charge in [0.25, 0.3) is 0 Å². The van der Waals surface area contributed by atoms with Crippen molar-refractivity contribution in [2.45, 2.75) is 13.0 Å². The molecule has 5 nitrogen and oxygen atoms in total. The van der Waals surface area contributed by atoms with E-state index in [1.165, 1.54) is 28.4 Å². The van der Waals surface area contributed by atoms with E-state index < -0.39 is 12.0 Å². The highest BCUT2D eigenvalue weighted by Gasteiger charge is 2.36. The number of carboxylic acid groups (broad SMARTS) is 1. The Morgan fingerprint density at radius 2 is 2.33 bits per heavy atom. The normalized spacial score (nSPS) is 20.6. The van der Waals surface area contributed by atoms with Crippen LogP contribution in [0.3, 0.4) is 0 Å². The maximum atomic E-state index is 12.1. The largest absolute Gasteiger partial charge is 0.480 e. The van der Waals surface area contributed by atoms with Crippen molar-refractivity contribution in [3.05, 3.63) is 0 Å². The maximum Gasteiger partial charge on any atom is 0.327 e. The Labute approximate surface area is 120 Å². The summed E-state index contributed by atoms with van der Waals surface area (Å²) < 4.78 is 0.639. The van der Waals surface area contributed by atoms with Crippen molar-refractivity contribution < 1.29 is 14.7 Å². The van der Waals surface area contributed by atoms with E-state index in [1.54, 1.807) is 14.0 Å². The molecule has 1 aliphatic heterocycles.